The minimum atomic E-state index is -0.242. The van der Waals surface area contributed by atoms with E-state index in [0.717, 1.165) is 29.8 Å². The molecule has 1 aromatic rings. The van der Waals surface area contributed by atoms with Gasteiger partial charge in [-0.25, -0.2) is 0 Å². The van der Waals surface area contributed by atoms with Crippen LogP contribution in [0, 0.1) is 5.92 Å². The van der Waals surface area contributed by atoms with Gasteiger partial charge in [-0.15, -0.1) is 0 Å². The average Bonchev–Trinajstić information content (AvgIpc) is 2.63. The van der Waals surface area contributed by atoms with Crippen molar-refractivity contribution < 1.29 is 19.1 Å². The summed E-state index contributed by atoms with van der Waals surface area (Å²) in [5, 5.41) is 2.93. The number of ether oxygens (including phenoxy) is 2. The van der Waals surface area contributed by atoms with Crippen molar-refractivity contribution in [2.45, 2.75) is 32.6 Å². The number of methoxy groups -OCH3 is 1. The van der Waals surface area contributed by atoms with Gasteiger partial charge in [0.05, 0.1) is 13.7 Å². The molecular formula is C16H21NO4. The van der Waals surface area contributed by atoms with E-state index in [-0.39, 0.29) is 24.2 Å². The summed E-state index contributed by atoms with van der Waals surface area (Å²) in [4.78, 5) is 23.7. The predicted molar refractivity (Wildman–Crippen MR) is 79.3 cm³/mol. The van der Waals surface area contributed by atoms with Gasteiger partial charge in [-0.2, -0.15) is 0 Å². The molecule has 0 radical (unpaired) electrons. The topological polar surface area (TPSA) is 64.6 Å². The third kappa shape index (κ3) is 3.97. The monoisotopic (exact) mass is 291 g/mol. The Morgan fingerprint density at radius 1 is 1.43 bits per heavy atom. The molecule has 0 bridgehead atoms. The lowest BCUT2D eigenvalue weighted by atomic mass is 9.96. The summed E-state index contributed by atoms with van der Waals surface area (Å²) in [6.07, 6.45) is 2.36. The SMILES string of the molecule is CCOC(=O)CC[C@H]1CCc2ccc(OC)cc2NC1=O. The zero-order chi connectivity index (χ0) is 15.2. The molecule has 1 aliphatic heterocycles. The first-order valence-electron chi connectivity index (χ1n) is 7.27. The van der Waals surface area contributed by atoms with Crippen molar-refractivity contribution in [2.75, 3.05) is 19.0 Å². The lowest BCUT2D eigenvalue weighted by Gasteiger charge is -2.12. The van der Waals surface area contributed by atoms with Crippen molar-refractivity contribution in [2.24, 2.45) is 5.92 Å². The molecule has 1 N–H and O–H groups in total. The fourth-order valence-corrected chi connectivity index (χ4v) is 2.51. The minimum Gasteiger partial charge on any atom is -0.497 e. The van der Waals surface area contributed by atoms with Crippen molar-refractivity contribution >= 4 is 17.6 Å². The van der Waals surface area contributed by atoms with Gasteiger partial charge in [-0.05, 0) is 37.8 Å². The number of rotatable bonds is 5. The van der Waals surface area contributed by atoms with E-state index in [9.17, 15) is 9.59 Å². The van der Waals surface area contributed by atoms with E-state index in [2.05, 4.69) is 5.32 Å². The van der Waals surface area contributed by atoms with Crippen LogP contribution in [0.3, 0.4) is 0 Å². The van der Waals surface area contributed by atoms with E-state index >= 15 is 0 Å². The molecule has 1 heterocycles. The first kappa shape index (κ1) is 15.4. The van der Waals surface area contributed by atoms with E-state index < -0.39 is 0 Å². The molecule has 0 unspecified atom stereocenters. The van der Waals surface area contributed by atoms with E-state index in [1.165, 1.54) is 0 Å². The molecule has 0 fully saturated rings. The van der Waals surface area contributed by atoms with Crippen molar-refractivity contribution in [3.05, 3.63) is 23.8 Å². The number of amides is 1. The molecule has 1 atom stereocenters. The largest absolute Gasteiger partial charge is 0.497 e. The fourth-order valence-electron chi connectivity index (χ4n) is 2.51. The van der Waals surface area contributed by atoms with Crippen molar-refractivity contribution in [1.82, 2.24) is 0 Å². The quantitative estimate of drug-likeness (QED) is 0.847. The number of carbonyl (C=O) groups excluding carboxylic acids is 2. The Labute approximate surface area is 124 Å². The Morgan fingerprint density at radius 2 is 2.24 bits per heavy atom. The number of carbonyl (C=O) groups is 2. The number of anilines is 1. The molecule has 21 heavy (non-hydrogen) atoms. The van der Waals surface area contributed by atoms with E-state index in [1.54, 1.807) is 14.0 Å². The second kappa shape index (κ2) is 7.11. The van der Waals surface area contributed by atoms with Crippen molar-refractivity contribution in [1.29, 1.82) is 0 Å². The van der Waals surface area contributed by atoms with Crippen LogP contribution in [0.4, 0.5) is 5.69 Å². The maximum absolute atomic E-state index is 12.2. The molecule has 5 nitrogen and oxygen atoms in total. The van der Waals surface area contributed by atoms with Crippen LogP contribution in [0.2, 0.25) is 0 Å². The Bertz CT molecular complexity index is 527. The van der Waals surface area contributed by atoms with Gasteiger partial charge in [-0.3, -0.25) is 9.59 Å². The first-order valence-corrected chi connectivity index (χ1v) is 7.27. The van der Waals surface area contributed by atoms with E-state index in [1.807, 2.05) is 18.2 Å². The van der Waals surface area contributed by atoms with E-state index in [4.69, 9.17) is 9.47 Å². The molecule has 1 amide bonds. The maximum atomic E-state index is 12.2. The normalized spacial score (nSPS) is 17.4. The fraction of sp³-hybridized carbons (Fsp3) is 0.500. The van der Waals surface area contributed by atoms with Crippen LogP contribution >= 0.6 is 0 Å². The summed E-state index contributed by atoms with van der Waals surface area (Å²) >= 11 is 0. The van der Waals surface area contributed by atoms with Crippen molar-refractivity contribution in [3.8, 4) is 5.75 Å². The highest BCUT2D eigenvalue weighted by molar-refractivity contribution is 5.94. The standard InChI is InChI=1S/C16H21NO4/c1-3-21-15(18)9-7-12-5-4-11-6-8-13(20-2)10-14(11)17-16(12)19/h6,8,10,12H,3-5,7,9H2,1-2H3,(H,17,19)/t12-/m1/s1. The zero-order valence-corrected chi connectivity index (χ0v) is 12.5. The third-order valence-corrected chi connectivity index (χ3v) is 3.71. The van der Waals surface area contributed by atoms with Gasteiger partial charge >= 0.3 is 5.97 Å². The zero-order valence-electron chi connectivity index (χ0n) is 12.5. The number of aryl methyl sites for hydroxylation is 1. The highest BCUT2D eigenvalue weighted by Gasteiger charge is 2.24. The lowest BCUT2D eigenvalue weighted by molar-refractivity contribution is -0.143. The number of esters is 1. The van der Waals surface area contributed by atoms with Crippen LogP contribution in [-0.4, -0.2) is 25.6 Å². The van der Waals surface area contributed by atoms with Crippen LogP contribution in [-0.2, 0) is 20.7 Å². The first-order chi connectivity index (χ1) is 10.1. The van der Waals surface area contributed by atoms with Crippen LogP contribution in [0.1, 0.15) is 31.7 Å². The molecule has 0 aromatic heterocycles. The average molecular weight is 291 g/mol. The second-order valence-corrected chi connectivity index (χ2v) is 5.09. The van der Waals surface area contributed by atoms with Gasteiger partial charge in [-0.1, -0.05) is 6.07 Å². The van der Waals surface area contributed by atoms with Gasteiger partial charge in [0, 0.05) is 24.1 Å². The molecular weight excluding hydrogens is 270 g/mol. The molecule has 0 saturated carbocycles. The number of hydrogen-bond acceptors (Lipinski definition) is 4. The molecule has 0 saturated heterocycles. The molecule has 114 valence electrons. The number of nitrogens with one attached hydrogen (secondary N) is 1. The smallest absolute Gasteiger partial charge is 0.305 e. The second-order valence-electron chi connectivity index (χ2n) is 5.09. The summed E-state index contributed by atoms with van der Waals surface area (Å²) in [5.74, 6) is 0.284. The van der Waals surface area contributed by atoms with E-state index in [0.29, 0.717) is 13.0 Å². The minimum absolute atomic E-state index is 0.0358. The lowest BCUT2D eigenvalue weighted by Crippen LogP contribution is -2.22. The molecule has 1 aliphatic rings. The maximum Gasteiger partial charge on any atom is 0.305 e. The summed E-state index contributed by atoms with van der Waals surface area (Å²) < 4.78 is 10.1. The van der Waals surface area contributed by atoms with Crippen LogP contribution in [0.15, 0.2) is 18.2 Å². The summed E-state index contributed by atoms with van der Waals surface area (Å²) in [5.41, 5.74) is 1.90. The molecule has 5 heteroatoms. The molecule has 0 spiro atoms. The van der Waals surface area contributed by atoms with Gasteiger partial charge in [0.1, 0.15) is 5.75 Å². The van der Waals surface area contributed by atoms with Gasteiger partial charge in [0.2, 0.25) is 5.91 Å². The highest BCUT2D eigenvalue weighted by atomic mass is 16.5. The van der Waals surface area contributed by atoms with Gasteiger partial charge in [0.15, 0.2) is 0 Å². The third-order valence-electron chi connectivity index (χ3n) is 3.71. The van der Waals surface area contributed by atoms with Crippen LogP contribution in [0.5, 0.6) is 5.75 Å². The van der Waals surface area contributed by atoms with Crippen molar-refractivity contribution in [3.63, 3.8) is 0 Å². The molecule has 2 rings (SSSR count). The Hall–Kier alpha value is -2.04. The number of benzene rings is 1. The summed E-state index contributed by atoms with van der Waals surface area (Å²) in [6.45, 7) is 2.15. The van der Waals surface area contributed by atoms with Gasteiger partial charge < -0.3 is 14.8 Å². The Morgan fingerprint density at radius 3 is 2.95 bits per heavy atom. The molecule has 0 aliphatic carbocycles. The molecule has 1 aromatic carbocycles. The summed E-state index contributed by atoms with van der Waals surface area (Å²) in [7, 11) is 1.60. The number of hydrogen-bond donors (Lipinski definition) is 1. The number of fused-ring (bicyclic) bond motifs is 1. The van der Waals surface area contributed by atoms with Crippen LogP contribution in [0.25, 0.3) is 0 Å². The van der Waals surface area contributed by atoms with Crippen LogP contribution < -0.4 is 10.1 Å². The van der Waals surface area contributed by atoms with Gasteiger partial charge in [0.25, 0.3) is 0 Å². The summed E-state index contributed by atoms with van der Waals surface area (Å²) in [6, 6.07) is 5.70. The highest BCUT2D eigenvalue weighted by Crippen LogP contribution is 2.29. The predicted octanol–water partition coefficient (Wildman–Crippen LogP) is 2.54. The Balaban J connectivity index is 2.00. The Kier molecular flexibility index (Phi) is 5.20.